The molecule has 1 aromatic carbocycles. The van der Waals surface area contributed by atoms with Crippen LogP contribution < -0.4 is 9.47 Å². The molecule has 0 saturated carbocycles. The molecule has 1 aliphatic heterocycles. The number of carbonyl (C=O) groups is 2. The molecule has 7 heteroatoms. The summed E-state index contributed by atoms with van der Waals surface area (Å²) < 4.78 is 11.0. The quantitative estimate of drug-likeness (QED) is 0.762. The second kappa shape index (κ2) is 7.07. The van der Waals surface area contributed by atoms with E-state index in [0.29, 0.717) is 40.2 Å². The first-order valence-corrected chi connectivity index (χ1v) is 7.98. The van der Waals surface area contributed by atoms with Crippen molar-refractivity contribution in [2.45, 2.75) is 13.8 Å². The van der Waals surface area contributed by atoms with Gasteiger partial charge in [-0.25, -0.2) is 0 Å². The molecule has 1 saturated heterocycles. The maximum absolute atomic E-state index is 11.9. The first-order chi connectivity index (χ1) is 10.5. The van der Waals surface area contributed by atoms with Crippen molar-refractivity contribution >= 4 is 40.6 Å². The number of carbonyl (C=O) groups excluding carboxylic acids is 2. The van der Waals surface area contributed by atoms with E-state index in [9.17, 15) is 9.59 Å². The van der Waals surface area contributed by atoms with Crippen LogP contribution in [0.15, 0.2) is 17.0 Å². The normalized spacial score (nSPS) is 16.5. The van der Waals surface area contributed by atoms with Crippen molar-refractivity contribution in [1.29, 1.82) is 0 Å². The van der Waals surface area contributed by atoms with E-state index in [1.807, 2.05) is 13.8 Å². The van der Waals surface area contributed by atoms with Gasteiger partial charge in [-0.1, -0.05) is 11.6 Å². The SMILES string of the molecule is CCOc1cc(/C=C2\SC(=O)N(C)C2=O)cc(Cl)c1OCC. The predicted molar refractivity (Wildman–Crippen MR) is 87.5 cm³/mol. The Bertz CT molecular complexity index is 645. The van der Waals surface area contributed by atoms with E-state index in [0.717, 1.165) is 16.7 Å². The summed E-state index contributed by atoms with van der Waals surface area (Å²) in [6.07, 6.45) is 1.62. The van der Waals surface area contributed by atoms with Gasteiger partial charge in [-0.05, 0) is 49.4 Å². The summed E-state index contributed by atoms with van der Waals surface area (Å²) in [5.41, 5.74) is 0.677. The molecule has 0 aromatic heterocycles. The lowest BCUT2D eigenvalue weighted by Crippen LogP contribution is -2.22. The number of hydrogen-bond acceptors (Lipinski definition) is 5. The van der Waals surface area contributed by atoms with Gasteiger partial charge in [0.1, 0.15) is 0 Å². The highest BCUT2D eigenvalue weighted by atomic mass is 35.5. The van der Waals surface area contributed by atoms with Crippen LogP contribution in [0.5, 0.6) is 11.5 Å². The fourth-order valence-electron chi connectivity index (χ4n) is 1.92. The Hall–Kier alpha value is -1.66. The molecule has 0 aliphatic carbocycles. The molecule has 0 spiro atoms. The average Bonchev–Trinajstić information content (AvgIpc) is 2.70. The predicted octanol–water partition coefficient (Wildman–Crippen LogP) is 3.80. The topological polar surface area (TPSA) is 55.8 Å². The van der Waals surface area contributed by atoms with Crippen LogP contribution in [0.1, 0.15) is 19.4 Å². The van der Waals surface area contributed by atoms with E-state index in [1.54, 1.807) is 18.2 Å². The third-order valence-electron chi connectivity index (χ3n) is 2.90. The zero-order valence-electron chi connectivity index (χ0n) is 12.5. The minimum atomic E-state index is -0.321. The Kier molecular flexibility index (Phi) is 5.37. The van der Waals surface area contributed by atoms with Gasteiger partial charge in [-0.3, -0.25) is 14.5 Å². The van der Waals surface area contributed by atoms with Crippen LogP contribution in [0.2, 0.25) is 5.02 Å². The van der Waals surface area contributed by atoms with E-state index in [1.165, 1.54) is 7.05 Å². The number of rotatable bonds is 5. The van der Waals surface area contributed by atoms with Crippen LogP contribution in [0.25, 0.3) is 6.08 Å². The number of nitrogens with zero attached hydrogens (tertiary/aromatic N) is 1. The Balaban J connectivity index is 2.40. The Morgan fingerprint density at radius 3 is 2.45 bits per heavy atom. The highest BCUT2D eigenvalue weighted by Gasteiger charge is 2.31. The standard InChI is InChI=1S/C15H16ClNO4S/c1-4-20-11-7-9(6-10(16)13(11)21-5-2)8-12-14(18)17(3)15(19)22-12/h6-8H,4-5H2,1-3H3/b12-8-. The van der Waals surface area contributed by atoms with Gasteiger partial charge in [-0.2, -0.15) is 0 Å². The van der Waals surface area contributed by atoms with Crippen LogP contribution in [0, 0.1) is 0 Å². The summed E-state index contributed by atoms with van der Waals surface area (Å²) >= 11 is 7.12. The molecule has 0 N–H and O–H groups in total. The van der Waals surface area contributed by atoms with Crippen molar-refractivity contribution in [3.8, 4) is 11.5 Å². The number of ether oxygens (including phenoxy) is 2. The molecule has 2 rings (SSSR count). The highest BCUT2D eigenvalue weighted by Crippen LogP contribution is 2.38. The second-order valence-electron chi connectivity index (χ2n) is 4.44. The maximum Gasteiger partial charge on any atom is 0.293 e. The number of thioether (sulfide) groups is 1. The van der Waals surface area contributed by atoms with Crippen molar-refractivity contribution < 1.29 is 19.1 Å². The molecule has 0 unspecified atom stereocenters. The van der Waals surface area contributed by atoms with E-state index in [4.69, 9.17) is 21.1 Å². The third kappa shape index (κ3) is 3.39. The summed E-state index contributed by atoms with van der Waals surface area (Å²) in [6.45, 7) is 4.65. The molecule has 1 heterocycles. The van der Waals surface area contributed by atoms with Crippen LogP contribution in [0.4, 0.5) is 4.79 Å². The van der Waals surface area contributed by atoms with Crippen LogP contribution >= 0.6 is 23.4 Å². The van der Waals surface area contributed by atoms with E-state index < -0.39 is 0 Å². The summed E-state index contributed by atoms with van der Waals surface area (Å²) in [6, 6.07) is 3.42. The van der Waals surface area contributed by atoms with Gasteiger partial charge in [0.2, 0.25) is 0 Å². The summed E-state index contributed by atoms with van der Waals surface area (Å²) in [5.74, 6) is 0.670. The first kappa shape index (κ1) is 16.7. The van der Waals surface area contributed by atoms with Crippen molar-refractivity contribution in [2.24, 2.45) is 0 Å². The van der Waals surface area contributed by atoms with Crippen molar-refractivity contribution in [3.63, 3.8) is 0 Å². The fraction of sp³-hybridized carbons (Fsp3) is 0.333. The maximum atomic E-state index is 11.9. The molecular weight excluding hydrogens is 326 g/mol. The van der Waals surface area contributed by atoms with Crippen molar-refractivity contribution in [3.05, 3.63) is 27.6 Å². The molecule has 2 amide bonds. The molecule has 5 nitrogen and oxygen atoms in total. The minimum absolute atomic E-state index is 0.293. The van der Waals surface area contributed by atoms with E-state index >= 15 is 0 Å². The van der Waals surface area contributed by atoms with Gasteiger partial charge >= 0.3 is 0 Å². The van der Waals surface area contributed by atoms with Gasteiger partial charge in [-0.15, -0.1) is 0 Å². The first-order valence-electron chi connectivity index (χ1n) is 6.78. The summed E-state index contributed by atoms with van der Waals surface area (Å²) in [7, 11) is 1.45. The zero-order valence-corrected chi connectivity index (χ0v) is 14.1. The molecule has 1 aliphatic rings. The number of likely N-dealkylation sites (N-methyl/N-ethyl adjacent to an activating group) is 1. The molecule has 0 bridgehead atoms. The highest BCUT2D eigenvalue weighted by molar-refractivity contribution is 8.18. The lowest BCUT2D eigenvalue weighted by atomic mass is 10.1. The number of amides is 2. The van der Waals surface area contributed by atoms with Crippen molar-refractivity contribution in [1.82, 2.24) is 4.90 Å². The third-order valence-corrected chi connectivity index (χ3v) is 4.15. The fourth-order valence-corrected chi connectivity index (χ4v) is 3.02. The minimum Gasteiger partial charge on any atom is -0.490 e. The molecule has 0 radical (unpaired) electrons. The summed E-state index contributed by atoms with van der Waals surface area (Å²) in [5, 5.41) is 0.105. The summed E-state index contributed by atoms with van der Waals surface area (Å²) in [4.78, 5) is 24.9. The van der Waals surface area contributed by atoms with Gasteiger partial charge in [0, 0.05) is 7.05 Å². The van der Waals surface area contributed by atoms with Gasteiger partial charge in [0.15, 0.2) is 11.5 Å². The molecule has 1 fully saturated rings. The van der Waals surface area contributed by atoms with Crippen molar-refractivity contribution in [2.75, 3.05) is 20.3 Å². The second-order valence-corrected chi connectivity index (χ2v) is 5.84. The smallest absolute Gasteiger partial charge is 0.293 e. The average molecular weight is 342 g/mol. The molecular formula is C15H16ClNO4S. The van der Waals surface area contributed by atoms with E-state index in [2.05, 4.69) is 0 Å². The van der Waals surface area contributed by atoms with Gasteiger partial charge in [0.05, 0.1) is 23.1 Å². The van der Waals surface area contributed by atoms with Crippen LogP contribution in [-0.4, -0.2) is 36.3 Å². The molecule has 0 atom stereocenters. The Morgan fingerprint density at radius 1 is 1.23 bits per heavy atom. The molecule has 118 valence electrons. The van der Waals surface area contributed by atoms with Crippen LogP contribution in [0.3, 0.4) is 0 Å². The Labute approximate surface area is 138 Å². The van der Waals surface area contributed by atoms with Gasteiger partial charge in [0.25, 0.3) is 11.1 Å². The molecule has 22 heavy (non-hydrogen) atoms. The Morgan fingerprint density at radius 2 is 1.91 bits per heavy atom. The van der Waals surface area contributed by atoms with Gasteiger partial charge < -0.3 is 9.47 Å². The largest absolute Gasteiger partial charge is 0.490 e. The van der Waals surface area contributed by atoms with E-state index in [-0.39, 0.29) is 11.1 Å². The molecule has 1 aromatic rings. The van der Waals surface area contributed by atoms with Crippen LogP contribution in [-0.2, 0) is 4.79 Å². The number of halogens is 1. The monoisotopic (exact) mass is 341 g/mol. The lowest BCUT2D eigenvalue weighted by Gasteiger charge is -2.13. The number of hydrogen-bond donors (Lipinski definition) is 0. The number of imide groups is 1. The lowest BCUT2D eigenvalue weighted by molar-refractivity contribution is -0.121. The zero-order chi connectivity index (χ0) is 16.3. The number of benzene rings is 1.